The monoisotopic (exact) mass is 418 g/mol. The quantitative estimate of drug-likeness (QED) is 0.684. The molecule has 0 saturated carbocycles. The molecule has 1 aromatic heterocycles. The molecule has 1 aliphatic heterocycles. The van der Waals surface area contributed by atoms with Crippen LogP contribution in [0.3, 0.4) is 0 Å². The minimum absolute atomic E-state index is 0.0225. The Bertz CT molecular complexity index is 893. The van der Waals surface area contributed by atoms with Crippen molar-refractivity contribution in [2.75, 3.05) is 11.4 Å². The van der Waals surface area contributed by atoms with Crippen molar-refractivity contribution in [2.45, 2.75) is 26.7 Å². The first-order valence-corrected chi connectivity index (χ1v) is 10.5. The molecule has 1 N–H and O–H groups in total. The van der Waals surface area contributed by atoms with E-state index in [0.717, 1.165) is 5.56 Å². The van der Waals surface area contributed by atoms with E-state index in [1.54, 1.807) is 11.0 Å². The smallest absolute Gasteiger partial charge is 0.304 e. The number of hydrogen-bond donors (Lipinski definition) is 1. The standard InChI is InChI=1S/C21H23ClN2O3S/c1-13(2)14-7-5-6-10-24(20(27)16(14)11-19(25)26)21-23-18(12-28-21)15-8-3-4-9-17(15)22/h3-6,8-9,12-14,16H,7,10-11H2,1-2H3,(H,25,26)/t14-,16+/m1/s1. The summed E-state index contributed by atoms with van der Waals surface area (Å²) in [5, 5.41) is 12.4. The van der Waals surface area contributed by atoms with Crippen LogP contribution in [0.25, 0.3) is 11.3 Å². The third-order valence-corrected chi connectivity index (χ3v) is 6.28. The molecule has 5 nitrogen and oxygen atoms in total. The van der Waals surface area contributed by atoms with E-state index in [1.165, 1.54) is 11.3 Å². The minimum Gasteiger partial charge on any atom is -0.481 e. The predicted octanol–water partition coefficient (Wildman–Crippen LogP) is 5.12. The van der Waals surface area contributed by atoms with Crippen LogP contribution in [-0.4, -0.2) is 28.5 Å². The van der Waals surface area contributed by atoms with Crippen molar-refractivity contribution >= 4 is 39.9 Å². The van der Waals surface area contributed by atoms with Crippen LogP contribution >= 0.6 is 22.9 Å². The summed E-state index contributed by atoms with van der Waals surface area (Å²) in [4.78, 5) is 31.0. The molecular formula is C21H23ClN2O3S. The lowest BCUT2D eigenvalue weighted by Gasteiger charge is -2.33. The number of hydrogen-bond acceptors (Lipinski definition) is 4. The molecule has 2 atom stereocenters. The number of nitrogens with zero attached hydrogens (tertiary/aromatic N) is 2. The lowest BCUT2D eigenvalue weighted by molar-refractivity contribution is -0.142. The predicted molar refractivity (Wildman–Crippen MR) is 113 cm³/mol. The summed E-state index contributed by atoms with van der Waals surface area (Å²) < 4.78 is 0. The highest BCUT2D eigenvalue weighted by molar-refractivity contribution is 7.14. The highest BCUT2D eigenvalue weighted by Crippen LogP contribution is 2.35. The van der Waals surface area contributed by atoms with Gasteiger partial charge in [-0.05, 0) is 24.3 Å². The fraction of sp³-hybridized carbons (Fsp3) is 0.381. The second kappa shape index (κ2) is 8.88. The Labute approximate surface area is 173 Å². The summed E-state index contributed by atoms with van der Waals surface area (Å²) in [6.45, 7) is 4.45. The molecular weight excluding hydrogens is 396 g/mol. The van der Waals surface area contributed by atoms with Gasteiger partial charge in [-0.25, -0.2) is 4.98 Å². The molecule has 0 saturated heterocycles. The van der Waals surface area contributed by atoms with Gasteiger partial charge < -0.3 is 5.11 Å². The van der Waals surface area contributed by atoms with Gasteiger partial charge in [-0.2, -0.15) is 0 Å². The first-order valence-electron chi connectivity index (χ1n) is 9.27. The molecule has 0 fully saturated rings. The first-order chi connectivity index (χ1) is 13.4. The maximum Gasteiger partial charge on any atom is 0.304 e. The Hall–Kier alpha value is -2.18. The normalized spacial score (nSPS) is 20.3. The van der Waals surface area contributed by atoms with Crippen molar-refractivity contribution in [2.24, 2.45) is 17.8 Å². The largest absolute Gasteiger partial charge is 0.481 e. The summed E-state index contributed by atoms with van der Waals surface area (Å²) >= 11 is 7.64. The number of aliphatic carboxylic acids is 1. The topological polar surface area (TPSA) is 70.5 Å². The van der Waals surface area contributed by atoms with E-state index < -0.39 is 11.9 Å². The molecule has 3 rings (SSSR count). The van der Waals surface area contributed by atoms with Crippen molar-refractivity contribution in [1.29, 1.82) is 0 Å². The van der Waals surface area contributed by atoms with Gasteiger partial charge in [0.25, 0.3) is 0 Å². The zero-order valence-corrected chi connectivity index (χ0v) is 17.4. The zero-order valence-electron chi connectivity index (χ0n) is 15.8. The van der Waals surface area contributed by atoms with Gasteiger partial charge in [0.1, 0.15) is 0 Å². The van der Waals surface area contributed by atoms with E-state index in [4.69, 9.17) is 11.6 Å². The number of allylic oxidation sites excluding steroid dienone is 1. The Morgan fingerprint density at radius 2 is 2.11 bits per heavy atom. The summed E-state index contributed by atoms with van der Waals surface area (Å²) in [6.07, 6.45) is 4.54. The number of benzene rings is 1. The van der Waals surface area contributed by atoms with Crippen LogP contribution in [-0.2, 0) is 9.59 Å². The molecule has 28 heavy (non-hydrogen) atoms. The minimum atomic E-state index is -0.954. The summed E-state index contributed by atoms with van der Waals surface area (Å²) in [7, 11) is 0. The third kappa shape index (κ3) is 4.45. The van der Waals surface area contributed by atoms with Gasteiger partial charge in [-0.3, -0.25) is 14.5 Å². The van der Waals surface area contributed by atoms with E-state index in [1.807, 2.05) is 49.6 Å². The Morgan fingerprint density at radius 1 is 1.36 bits per heavy atom. The van der Waals surface area contributed by atoms with Crippen LogP contribution in [0.2, 0.25) is 5.02 Å². The van der Waals surface area contributed by atoms with Crippen LogP contribution in [0.5, 0.6) is 0 Å². The van der Waals surface area contributed by atoms with Crippen LogP contribution in [0.1, 0.15) is 26.7 Å². The number of rotatable bonds is 5. The number of carboxylic acids is 1. The van der Waals surface area contributed by atoms with Crippen molar-refractivity contribution < 1.29 is 14.7 Å². The summed E-state index contributed by atoms with van der Waals surface area (Å²) in [5.41, 5.74) is 1.52. The summed E-state index contributed by atoms with van der Waals surface area (Å²) in [6, 6.07) is 7.43. The molecule has 2 aromatic rings. The zero-order chi connectivity index (χ0) is 20.3. The molecule has 0 spiro atoms. The van der Waals surface area contributed by atoms with Gasteiger partial charge in [0.05, 0.1) is 18.0 Å². The van der Waals surface area contributed by atoms with E-state index in [0.29, 0.717) is 28.8 Å². The van der Waals surface area contributed by atoms with E-state index in [-0.39, 0.29) is 24.2 Å². The van der Waals surface area contributed by atoms with Gasteiger partial charge in [0, 0.05) is 22.5 Å². The fourth-order valence-electron chi connectivity index (χ4n) is 3.59. The van der Waals surface area contributed by atoms with Crippen molar-refractivity contribution in [3.05, 3.63) is 46.8 Å². The van der Waals surface area contributed by atoms with Crippen molar-refractivity contribution in [3.63, 3.8) is 0 Å². The van der Waals surface area contributed by atoms with Gasteiger partial charge in [0.2, 0.25) is 5.91 Å². The lowest BCUT2D eigenvalue weighted by Crippen LogP contribution is -2.42. The first kappa shape index (κ1) is 20.6. The van der Waals surface area contributed by atoms with Crippen molar-refractivity contribution in [1.82, 2.24) is 4.98 Å². The van der Waals surface area contributed by atoms with E-state index >= 15 is 0 Å². The van der Waals surface area contributed by atoms with Crippen LogP contribution < -0.4 is 4.90 Å². The summed E-state index contributed by atoms with van der Waals surface area (Å²) in [5.74, 6) is -1.52. The van der Waals surface area contributed by atoms with Gasteiger partial charge in [-0.1, -0.05) is 55.8 Å². The van der Waals surface area contributed by atoms with Crippen molar-refractivity contribution in [3.8, 4) is 11.3 Å². The number of carbonyl (C=O) groups is 2. The number of halogens is 1. The average molecular weight is 419 g/mol. The number of amides is 1. The van der Waals surface area contributed by atoms with Crippen LogP contribution in [0.15, 0.2) is 41.8 Å². The molecule has 0 unspecified atom stereocenters. The molecule has 1 aliphatic rings. The lowest BCUT2D eigenvalue weighted by atomic mass is 9.78. The average Bonchev–Trinajstić information content (AvgIpc) is 3.11. The van der Waals surface area contributed by atoms with Crippen LogP contribution in [0, 0.1) is 17.8 Å². The van der Waals surface area contributed by atoms with Gasteiger partial charge in [-0.15, -0.1) is 11.3 Å². The maximum atomic E-state index is 13.3. The third-order valence-electron chi connectivity index (χ3n) is 5.09. The van der Waals surface area contributed by atoms with E-state index in [2.05, 4.69) is 4.98 Å². The molecule has 0 aliphatic carbocycles. The number of carboxylic acid groups (broad SMARTS) is 1. The number of carbonyl (C=O) groups excluding carboxylic acids is 1. The van der Waals surface area contributed by atoms with E-state index in [9.17, 15) is 14.7 Å². The maximum absolute atomic E-state index is 13.3. The Morgan fingerprint density at radius 3 is 2.79 bits per heavy atom. The second-order valence-corrected chi connectivity index (χ2v) is 8.51. The van der Waals surface area contributed by atoms with Gasteiger partial charge in [0.15, 0.2) is 5.13 Å². The highest BCUT2D eigenvalue weighted by Gasteiger charge is 2.36. The Balaban J connectivity index is 1.95. The molecule has 7 heteroatoms. The van der Waals surface area contributed by atoms with Gasteiger partial charge >= 0.3 is 5.97 Å². The SMILES string of the molecule is CC(C)[C@H]1CC=CCN(c2nc(-c3ccccc3Cl)cs2)C(=O)[C@H]1CC(=O)O. The molecule has 0 radical (unpaired) electrons. The fourth-order valence-corrected chi connectivity index (χ4v) is 4.66. The second-order valence-electron chi connectivity index (χ2n) is 7.26. The Kier molecular flexibility index (Phi) is 6.52. The highest BCUT2D eigenvalue weighted by atomic mass is 35.5. The molecule has 1 amide bonds. The number of thiazole rings is 1. The number of anilines is 1. The molecule has 2 heterocycles. The molecule has 148 valence electrons. The molecule has 0 bridgehead atoms. The number of aromatic nitrogens is 1. The molecule has 1 aromatic carbocycles. The van der Waals surface area contributed by atoms with Crippen LogP contribution in [0.4, 0.5) is 5.13 Å².